The molecule has 0 amide bonds. The molecule has 0 radical (unpaired) electrons. The molecule has 0 saturated heterocycles. The predicted octanol–water partition coefficient (Wildman–Crippen LogP) is 3.47. The molecule has 2 aromatic rings. The first-order chi connectivity index (χ1) is 9.18. The molecule has 2 N–H and O–H groups in total. The molecule has 2 aromatic carbocycles. The maximum Gasteiger partial charge on any atom is 0.127 e. The van der Waals surface area contributed by atoms with E-state index in [1.807, 2.05) is 36.4 Å². The minimum absolute atomic E-state index is 0.553. The van der Waals surface area contributed by atoms with Crippen molar-refractivity contribution in [2.24, 2.45) is 5.92 Å². The van der Waals surface area contributed by atoms with Crippen LogP contribution >= 0.6 is 0 Å². The van der Waals surface area contributed by atoms with Crippen LogP contribution in [0.15, 0.2) is 36.4 Å². The van der Waals surface area contributed by atoms with Gasteiger partial charge in [0.1, 0.15) is 12.4 Å². The molecule has 19 heavy (non-hydrogen) atoms. The lowest BCUT2D eigenvalue weighted by atomic mass is 10.1. The van der Waals surface area contributed by atoms with Crippen molar-refractivity contribution in [3.8, 4) is 5.75 Å². The molecule has 0 aromatic heterocycles. The second kappa shape index (κ2) is 6.43. The van der Waals surface area contributed by atoms with Crippen molar-refractivity contribution in [1.29, 1.82) is 0 Å². The van der Waals surface area contributed by atoms with E-state index < -0.39 is 0 Å². The van der Waals surface area contributed by atoms with Crippen molar-refractivity contribution in [3.05, 3.63) is 36.4 Å². The van der Waals surface area contributed by atoms with Gasteiger partial charge in [-0.05, 0) is 18.1 Å². The van der Waals surface area contributed by atoms with Crippen molar-refractivity contribution in [3.63, 3.8) is 0 Å². The largest absolute Gasteiger partial charge is 0.491 e. The molecule has 0 aliphatic rings. The fourth-order valence-electron chi connectivity index (χ4n) is 1.95. The van der Waals surface area contributed by atoms with Crippen LogP contribution in [0.5, 0.6) is 5.75 Å². The zero-order chi connectivity index (χ0) is 13.7. The van der Waals surface area contributed by atoms with Gasteiger partial charge in [-0.2, -0.15) is 0 Å². The monoisotopic (exact) mass is 259 g/mol. The average molecular weight is 259 g/mol. The Hall–Kier alpha value is -1.74. The molecular formula is C16H21NO2. The Bertz CT molecular complexity index is 537. The number of benzene rings is 2. The molecule has 0 aliphatic heterocycles. The van der Waals surface area contributed by atoms with Gasteiger partial charge in [-0.15, -0.1) is 0 Å². The van der Waals surface area contributed by atoms with Gasteiger partial charge in [0.15, 0.2) is 0 Å². The van der Waals surface area contributed by atoms with E-state index in [2.05, 4.69) is 13.8 Å². The summed E-state index contributed by atoms with van der Waals surface area (Å²) < 4.78 is 11.3. The lowest BCUT2D eigenvalue weighted by molar-refractivity contribution is 0.0823. The van der Waals surface area contributed by atoms with Crippen LogP contribution < -0.4 is 10.5 Å². The van der Waals surface area contributed by atoms with Gasteiger partial charge >= 0.3 is 0 Å². The summed E-state index contributed by atoms with van der Waals surface area (Å²) in [6.07, 6.45) is 0. The first kappa shape index (κ1) is 13.7. The highest BCUT2D eigenvalue weighted by Gasteiger charge is 2.04. The smallest absolute Gasteiger partial charge is 0.127 e. The van der Waals surface area contributed by atoms with E-state index in [9.17, 15) is 0 Å². The van der Waals surface area contributed by atoms with Crippen LogP contribution in [0.3, 0.4) is 0 Å². The van der Waals surface area contributed by atoms with Crippen molar-refractivity contribution in [2.45, 2.75) is 13.8 Å². The quantitative estimate of drug-likeness (QED) is 0.638. The summed E-state index contributed by atoms with van der Waals surface area (Å²) in [4.78, 5) is 0. The molecule has 0 aliphatic carbocycles. The summed E-state index contributed by atoms with van der Waals surface area (Å²) >= 11 is 0. The maximum atomic E-state index is 5.95. The zero-order valence-corrected chi connectivity index (χ0v) is 11.6. The van der Waals surface area contributed by atoms with Crippen LogP contribution in [0.4, 0.5) is 5.69 Å². The number of nitrogen functional groups attached to an aromatic ring is 1. The van der Waals surface area contributed by atoms with Crippen molar-refractivity contribution < 1.29 is 9.47 Å². The Morgan fingerprint density at radius 1 is 1.00 bits per heavy atom. The van der Waals surface area contributed by atoms with E-state index in [0.717, 1.165) is 28.8 Å². The third kappa shape index (κ3) is 3.61. The van der Waals surface area contributed by atoms with E-state index in [1.54, 1.807) is 0 Å². The second-order valence-electron chi connectivity index (χ2n) is 5.02. The first-order valence-corrected chi connectivity index (χ1v) is 6.66. The highest BCUT2D eigenvalue weighted by Crippen LogP contribution is 2.29. The van der Waals surface area contributed by atoms with Gasteiger partial charge in [0, 0.05) is 23.1 Å². The summed E-state index contributed by atoms with van der Waals surface area (Å²) in [6.45, 7) is 6.20. The number of rotatable bonds is 6. The summed E-state index contributed by atoms with van der Waals surface area (Å²) in [5.74, 6) is 1.41. The fraction of sp³-hybridized carbons (Fsp3) is 0.375. The number of fused-ring (bicyclic) bond motifs is 1. The Morgan fingerprint density at radius 3 is 2.47 bits per heavy atom. The van der Waals surface area contributed by atoms with Crippen molar-refractivity contribution in [1.82, 2.24) is 0 Å². The van der Waals surface area contributed by atoms with Gasteiger partial charge < -0.3 is 15.2 Å². The molecule has 0 unspecified atom stereocenters. The van der Waals surface area contributed by atoms with E-state index in [0.29, 0.717) is 19.1 Å². The Labute approximate surface area is 114 Å². The van der Waals surface area contributed by atoms with Crippen LogP contribution in [0.25, 0.3) is 10.8 Å². The molecule has 0 saturated carbocycles. The number of hydrogen-bond acceptors (Lipinski definition) is 3. The predicted molar refractivity (Wildman–Crippen MR) is 79.5 cm³/mol. The number of nitrogens with two attached hydrogens (primary N) is 1. The molecule has 0 atom stereocenters. The SMILES string of the molecule is CC(C)COCCOc1ccc(N)c2ccccc12. The van der Waals surface area contributed by atoms with Gasteiger partial charge in [-0.1, -0.05) is 38.1 Å². The zero-order valence-electron chi connectivity index (χ0n) is 11.6. The minimum Gasteiger partial charge on any atom is -0.491 e. The van der Waals surface area contributed by atoms with E-state index in [-0.39, 0.29) is 0 Å². The summed E-state index contributed by atoms with van der Waals surface area (Å²) in [5, 5.41) is 2.08. The van der Waals surface area contributed by atoms with Gasteiger partial charge in [-0.3, -0.25) is 0 Å². The standard InChI is InChI=1S/C16H21NO2/c1-12(2)11-18-9-10-19-16-8-7-15(17)13-5-3-4-6-14(13)16/h3-8,12H,9-11,17H2,1-2H3. The molecule has 3 heteroatoms. The van der Waals surface area contributed by atoms with E-state index >= 15 is 0 Å². The van der Waals surface area contributed by atoms with Crippen LogP contribution in [0.1, 0.15) is 13.8 Å². The molecule has 3 nitrogen and oxygen atoms in total. The highest BCUT2D eigenvalue weighted by atomic mass is 16.5. The third-order valence-corrected chi connectivity index (χ3v) is 2.85. The van der Waals surface area contributed by atoms with Crippen LogP contribution in [-0.2, 0) is 4.74 Å². The van der Waals surface area contributed by atoms with Crippen molar-refractivity contribution >= 4 is 16.5 Å². The minimum atomic E-state index is 0.553. The topological polar surface area (TPSA) is 44.5 Å². The summed E-state index contributed by atoms with van der Waals surface area (Å²) in [5.41, 5.74) is 6.73. The third-order valence-electron chi connectivity index (χ3n) is 2.85. The molecular weight excluding hydrogens is 238 g/mol. The maximum absolute atomic E-state index is 5.95. The van der Waals surface area contributed by atoms with Gasteiger partial charge in [0.25, 0.3) is 0 Å². The van der Waals surface area contributed by atoms with Gasteiger partial charge in [0.2, 0.25) is 0 Å². The average Bonchev–Trinajstić information content (AvgIpc) is 2.41. The Balaban J connectivity index is 1.99. The van der Waals surface area contributed by atoms with Gasteiger partial charge in [-0.25, -0.2) is 0 Å². The lowest BCUT2D eigenvalue weighted by Gasteiger charge is -2.11. The van der Waals surface area contributed by atoms with Crippen LogP contribution in [0, 0.1) is 5.92 Å². The first-order valence-electron chi connectivity index (χ1n) is 6.66. The molecule has 0 bridgehead atoms. The van der Waals surface area contributed by atoms with E-state index in [4.69, 9.17) is 15.2 Å². The Morgan fingerprint density at radius 2 is 1.74 bits per heavy atom. The Kier molecular flexibility index (Phi) is 4.63. The normalized spacial score (nSPS) is 11.1. The fourth-order valence-corrected chi connectivity index (χ4v) is 1.95. The second-order valence-corrected chi connectivity index (χ2v) is 5.02. The summed E-state index contributed by atoms with van der Waals surface area (Å²) in [6, 6.07) is 11.8. The molecule has 102 valence electrons. The number of anilines is 1. The van der Waals surface area contributed by atoms with Gasteiger partial charge in [0.05, 0.1) is 6.61 Å². The van der Waals surface area contributed by atoms with Crippen LogP contribution in [-0.4, -0.2) is 19.8 Å². The number of hydrogen-bond donors (Lipinski definition) is 1. The molecule has 0 fully saturated rings. The van der Waals surface area contributed by atoms with Crippen LogP contribution in [0.2, 0.25) is 0 Å². The highest BCUT2D eigenvalue weighted by molar-refractivity contribution is 5.96. The molecule has 0 spiro atoms. The molecule has 0 heterocycles. The van der Waals surface area contributed by atoms with E-state index in [1.165, 1.54) is 0 Å². The molecule has 2 rings (SSSR count). The number of ether oxygens (including phenoxy) is 2. The summed E-state index contributed by atoms with van der Waals surface area (Å²) in [7, 11) is 0. The van der Waals surface area contributed by atoms with Crippen molar-refractivity contribution in [2.75, 3.05) is 25.6 Å². The lowest BCUT2D eigenvalue weighted by Crippen LogP contribution is -2.10.